The fourth-order valence-corrected chi connectivity index (χ4v) is 2.26. The van der Waals surface area contributed by atoms with Crippen LogP contribution in [0.15, 0.2) is 47.5 Å². The van der Waals surface area contributed by atoms with Crippen molar-refractivity contribution in [3.8, 4) is 5.75 Å². The molecule has 0 bridgehead atoms. The van der Waals surface area contributed by atoms with Gasteiger partial charge in [-0.05, 0) is 37.6 Å². The highest BCUT2D eigenvalue weighted by Crippen LogP contribution is 2.29. The summed E-state index contributed by atoms with van der Waals surface area (Å²) in [6, 6.07) is 12.5. The van der Waals surface area contributed by atoms with Crippen LogP contribution in [0.25, 0.3) is 10.8 Å². The average molecular weight is 348 g/mol. The first-order valence-corrected chi connectivity index (χ1v) is 7.88. The first-order valence-electron chi connectivity index (χ1n) is 7.08. The predicted octanol–water partition coefficient (Wildman–Crippen LogP) is 5.02. The minimum absolute atomic E-state index is 0.0627. The lowest BCUT2D eigenvalue weighted by Gasteiger charge is -2.22. The van der Waals surface area contributed by atoms with Gasteiger partial charge >= 0.3 is 0 Å². The van der Waals surface area contributed by atoms with Crippen molar-refractivity contribution in [2.75, 3.05) is 6.61 Å². The van der Waals surface area contributed by atoms with Crippen molar-refractivity contribution in [3.05, 3.63) is 53.0 Å². The first-order chi connectivity index (χ1) is 9.87. The zero-order valence-corrected chi connectivity index (χ0v) is 14.5. The molecule has 0 saturated heterocycles. The maximum Gasteiger partial charge on any atom is 0.124 e. The summed E-state index contributed by atoms with van der Waals surface area (Å²) in [5.74, 6) is 0.908. The molecule has 0 radical (unpaired) electrons. The van der Waals surface area contributed by atoms with Crippen LogP contribution in [-0.4, -0.2) is 12.1 Å². The van der Waals surface area contributed by atoms with E-state index in [-0.39, 0.29) is 5.54 Å². The van der Waals surface area contributed by atoms with E-state index in [1.54, 1.807) is 0 Å². The number of ether oxygens (including phenoxy) is 1. The third-order valence-corrected chi connectivity index (χ3v) is 3.41. The lowest BCUT2D eigenvalue weighted by molar-refractivity contribution is 0.351. The van der Waals surface area contributed by atoms with E-state index in [0.29, 0.717) is 6.61 Å². The molecule has 2 aromatic rings. The van der Waals surface area contributed by atoms with Crippen molar-refractivity contribution in [2.24, 2.45) is 0 Å². The van der Waals surface area contributed by atoms with Gasteiger partial charge in [0.2, 0.25) is 0 Å². The molecule has 0 aliphatic rings. The molecule has 0 aromatic heterocycles. The van der Waals surface area contributed by atoms with Gasteiger partial charge in [-0.3, -0.25) is 0 Å². The Balaban J connectivity index is 2.39. The van der Waals surface area contributed by atoms with Gasteiger partial charge in [0, 0.05) is 22.1 Å². The summed E-state index contributed by atoms with van der Waals surface area (Å²) in [4.78, 5) is 0. The van der Waals surface area contributed by atoms with Gasteiger partial charge in [-0.1, -0.05) is 52.8 Å². The topological polar surface area (TPSA) is 21.3 Å². The van der Waals surface area contributed by atoms with E-state index in [9.17, 15) is 0 Å². The van der Waals surface area contributed by atoms with Gasteiger partial charge in [0.15, 0.2) is 0 Å². The normalized spacial score (nSPS) is 11.6. The van der Waals surface area contributed by atoms with Crippen molar-refractivity contribution in [3.63, 3.8) is 0 Å². The summed E-state index contributed by atoms with van der Waals surface area (Å²) in [5.41, 5.74) is 1.25. The Kier molecular flexibility index (Phi) is 5.07. The molecule has 0 spiro atoms. The minimum Gasteiger partial charge on any atom is -0.488 e. The van der Waals surface area contributed by atoms with Crippen LogP contribution >= 0.6 is 15.9 Å². The second-order valence-corrected chi connectivity index (χ2v) is 7.29. The Morgan fingerprint density at radius 2 is 1.90 bits per heavy atom. The molecule has 2 nitrogen and oxygen atoms in total. The van der Waals surface area contributed by atoms with Crippen LogP contribution in [0.4, 0.5) is 0 Å². The SMILES string of the molecule is C=C(Br)COc1ccc2ccccc2c1CNC(C)(C)C. The Bertz CT molecular complexity index is 643. The van der Waals surface area contributed by atoms with Gasteiger partial charge in [0.25, 0.3) is 0 Å². The molecule has 21 heavy (non-hydrogen) atoms. The van der Waals surface area contributed by atoms with Gasteiger partial charge in [-0.25, -0.2) is 0 Å². The van der Waals surface area contributed by atoms with E-state index >= 15 is 0 Å². The predicted molar refractivity (Wildman–Crippen MR) is 94.1 cm³/mol. The van der Waals surface area contributed by atoms with Gasteiger partial charge in [-0.15, -0.1) is 0 Å². The molecular weight excluding hydrogens is 326 g/mol. The second kappa shape index (κ2) is 6.63. The zero-order valence-electron chi connectivity index (χ0n) is 12.9. The fraction of sp³-hybridized carbons (Fsp3) is 0.333. The van der Waals surface area contributed by atoms with Gasteiger partial charge < -0.3 is 10.1 Å². The van der Waals surface area contributed by atoms with Crippen LogP contribution in [-0.2, 0) is 6.54 Å². The molecule has 1 N–H and O–H groups in total. The molecule has 0 amide bonds. The lowest BCUT2D eigenvalue weighted by atomic mass is 10.0. The maximum absolute atomic E-state index is 5.89. The number of rotatable bonds is 5. The fourth-order valence-electron chi connectivity index (χ4n) is 2.14. The van der Waals surface area contributed by atoms with Gasteiger partial charge in [0.1, 0.15) is 12.4 Å². The Hall–Kier alpha value is -1.32. The molecule has 0 fully saturated rings. The third-order valence-electron chi connectivity index (χ3n) is 3.18. The Labute approximate surface area is 135 Å². The maximum atomic E-state index is 5.89. The minimum atomic E-state index is 0.0627. The van der Waals surface area contributed by atoms with Gasteiger partial charge in [-0.2, -0.15) is 0 Å². The third kappa shape index (κ3) is 4.58. The summed E-state index contributed by atoms with van der Waals surface area (Å²) >= 11 is 3.34. The van der Waals surface area contributed by atoms with Crippen LogP contribution < -0.4 is 10.1 Å². The van der Waals surface area contributed by atoms with E-state index in [2.05, 4.69) is 78.9 Å². The summed E-state index contributed by atoms with van der Waals surface area (Å²) < 4.78 is 6.72. The molecule has 3 heteroatoms. The molecular formula is C18H22BrNO. The van der Waals surface area contributed by atoms with Gasteiger partial charge in [0.05, 0.1) is 0 Å². The number of hydrogen-bond acceptors (Lipinski definition) is 2. The van der Waals surface area contributed by atoms with Crippen LogP contribution in [0.1, 0.15) is 26.3 Å². The lowest BCUT2D eigenvalue weighted by Crippen LogP contribution is -2.35. The first kappa shape index (κ1) is 16.1. The number of fused-ring (bicyclic) bond motifs is 1. The van der Waals surface area contributed by atoms with E-state index in [4.69, 9.17) is 4.74 Å². The Morgan fingerprint density at radius 1 is 1.19 bits per heavy atom. The number of nitrogens with one attached hydrogen (secondary N) is 1. The molecule has 0 unspecified atom stereocenters. The highest BCUT2D eigenvalue weighted by atomic mass is 79.9. The molecule has 0 heterocycles. The second-order valence-electron chi connectivity index (χ2n) is 6.17. The van der Waals surface area contributed by atoms with Crippen LogP contribution in [0, 0.1) is 0 Å². The van der Waals surface area contributed by atoms with Crippen molar-refractivity contribution < 1.29 is 4.74 Å². The summed E-state index contributed by atoms with van der Waals surface area (Å²) in [6.07, 6.45) is 0. The average Bonchev–Trinajstić information content (AvgIpc) is 2.42. The molecule has 0 saturated carbocycles. The molecule has 0 aliphatic heterocycles. The van der Waals surface area contributed by atoms with Crippen LogP contribution in [0.5, 0.6) is 5.75 Å². The highest BCUT2D eigenvalue weighted by molar-refractivity contribution is 9.11. The summed E-state index contributed by atoms with van der Waals surface area (Å²) in [7, 11) is 0. The zero-order chi connectivity index (χ0) is 15.5. The molecule has 112 valence electrons. The molecule has 0 atom stereocenters. The van der Waals surface area contributed by atoms with E-state index in [1.807, 2.05) is 6.07 Å². The quantitative estimate of drug-likeness (QED) is 0.820. The number of benzene rings is 2. The van der Waals surface area contributed by atoms with Crippen LogP contribution in [0.2, 0.25) is 0 Å². The number of halogens is 1. The summed E-state index contributed by atoms with van der Waals surface area (Å²) in [6.45, 7) is 11.6. The van der Waals surface area contributed by atoms with Crippen molar-refractivity contribution in [1.29, 1.82) is 0 Å². The Morgan fingerprint density at radius 3 is 2.57 bits per heavy atom. The standard InChI is InChI=1S/C18H22BrNO/c1-13(19)12-21-17-10-9-14-7-5-6-8-15(14)16(17)11-20-18(2,3)4/h5-10,20H,1,11-12H2,2-4H3. The smallest absolute Gasteiger partial charge is 0.124 e. The van der Waals surface area contributed by atoms with E-state index < -0.39 is 0 Å². The molecule has 0 aliphatic carbocycles. The molecule has 2 aromatic carbocycles. The van der Waals surface area contributed by atoms with Crippen molar-refractivity contribution >= 4 is 26.7 Å². The van der Waals surface area contributed by atoms with E-state index in [0.717, 1.165) is 16.8 Å². The monoisotopic (exact) mass is 347 g/mol. The van der Waals surface area contributed by atoms with E-state index in [1.165, 1.54) is 16.3 Å². The van der Waals surface area contributed by atoms with Crippen LogP contribution in [0.3, 0.4) is 0 Å². The largest absolute Gasteiger partial charge is 0.488 e. The summed E-state index contributed by atoms with van der Waals surface area (Å²) in [5, 5.41) is 6.00. The van der Waals surface area contributed by atoms with Crippen molar-refractivity contribution in [1.82, 2.24) is 5.32 Å². The highest BCUT2D eigenvalue weighted by Gasteiger charge is 2.13. The molecule has 2 rings (SSSR count). The number of hydrogen-bond donors (Lipinski definition) is 1. The van der Waals surface area contributed by atoms with Crippen molar-refractivity contribution in [2.45, 2.75) is 32.9 Å².